The van der Waals surface area contributed by atoms with Crippen molar-refractivity contribution in [3.63, 3.8) is 0 Å². The van der Waals surface area contributed by atoms with E-state index in [4.69, 9.17) is 14.2 Å². The van der Waals surface area contributed by atoms with Crippen molar-refractivity contribution >= 4 is 5.97 Å². The van der Waals surface area contributed by atoms with Gasteiger partial charge < -0.3 is 14.2 Å². The lowest BCUT2D eigenvalue weighted by Crippen LogP contribution is -2.11. The average Bonchev–Trinajstić information content (AvgIpc) is 3.16. The molecule has 0 N–H and O–H groups in total. The minimum absolute atomic E-state index is 0.259. The van der Waals surface area contributed by atoms with E-state index < -0.39 is 0 Å². The SMILES string of the molecule is COc1cc2c(cc1OC(=O)c1ccccc1)[C@@H]1CCC[C@@H]1O2. The fraction of sp³-hybridized carbons (Fsp3) is 0.316. The van der Waals surface area contributed by atoms with E-state index in [9.17, 15) is 4.79 Å². The molecule has 2 atom stereocenters. The molecule has 4 rings (SSSR count). The van der Waals surface area contributed by atoms with Gasteiger partial charge in [0.1, 0.15) is 11.9 Å². The molecule has 1 aliphatic carbocycles. The summed E-state index contributed by atoms with van der Waals surface area (Å²) in [6.07, 6.45) is 3.64. The van der Waals surface area contributed by atoms with Crippen LogP contribution in [0.2, 0.25) is 0 Å². The number of methoxy groups -OCH3 is 1. The van der Waals surface area contributed by atoms with E-state index in [0.717, 1.165) is 24.2 Å². The molecule has 23 heavy (non-hydrogen) atoms. The molecule has 0 aromatic heterocycles. The third-order valence-corrected chi connectivity index (χ3v) is 4.64. The third kappa shape index (κ3) is 2.44. The Morgan fingerprint density at radius 2 is 1.96 bits per heavy atom. The van der Waals surface area contributed by atoms with Gasteiger partial charge >= 0.3 is 5.97 Å². The molecule has 2 aromatic rings. The van der Waals surface area contributed by atoms with E-state index >= 15 is 0 Å². The standard InChI is InChI=1S/C19H18O4/c1-21-17-11-16-14(13-8-5-9-15(13)22-16)10-18(17)23-19(20)12-6-3-2-4-7-12/h2-4,6-7,10-11,13,15H,5,8-9H2,1H3/t13-,15-/m0/s1. The molecule has 1 aliphatic heterocycles. The maximum Gasteiger partial charge on any atom is 0.343 e. The molecule has 0 saturated heterocycles. The summed E-state index contributed by atoms with van der Waals surface area (Å²) >= 11 is 0. The van der Waals surface area contributed by atoms with Crippen molar-refractivity contribution in [3.8, 4) is 17.2 Å². The van der Waals surface area contributed by atoms with Crippen LogP contribution in [0.15, 0.2) is 42.5 Å². The van der Waals surface area contributed by atoms with Gasteiger partial charge in [-0.3, -0.25) is 0 Å². The summed E-state index contributed by atoms with van der Waals surface area (Å²) in [5.41, 5.74) is 1.65. The molecule has 2 aromatic carbocycles. The predicted octanol–water partition coefficient (Wildman–Crippen LogP) is 3.94. The average molecular weight is 310 g/mol. The zero-order chi connectivity index (χ0) is 15.8. The monoisotopic (exact) mass is 310 g/mol. The lowest BCUT2D eigenvalue weighted by Gasteiger charge is -2.12. The van der Waals surface area contributed by atoms with E-state index in [0.29, 0.717) is 23.0 Å². The van der Waals surface area contributed by atoms with Crippen LogP contribution in [0, 0.1) is 0 Å². The Hall–Kier alpha value is -2.49. The van der Waals surface area contributed by atoms with Crippen LogP contribution in [0.5, 0.6) is 17.2 Å². The van der Waals surface area contributed by atoms with Gasteiger partial charge in [0, 0.05) is 17.5 Å². The fourth-order valence-electron chi connectivity index (χ4n) is 3.51. The highest BCUT2D eigenvalue weighted by molar-refractivity contribution is 5.91. The molecule has 118 valence electrons. The molecule has 4 heteroatoms. The van der Waals surface area contributed by atoms with Crippen molar-refractivity contribution in [3.05, 3.63) is 53.6 Å². The van der Waals surface area contributed by atoms with Gasteiger partial charge in [-0.05, 0) is 37.5 Å². The smallest absolute Gasteiger partial charge is 0.343 e. The first-order chi connectivity index (χ1) is 11.3. The number of esters is 1. The van der Waals surface area contributed by atoms with Gasteiger partial charge in [0.15, 0.2) is 11.5 Å². The van der Waals surface area contributed by atoms with Gasteiger partial charge in [-0.1, -0.05) is 18.2 Å². The number of carbonyl (C=O) groups is 1. The lowest BCUT2D eigenvalue weighted by molar-refractivity contribution is 0.0729. The summed E-state index contributed by atoms with van der Waals surface area (Å²) < 4.78 is 16.9. The number of hydrogen-bond acceptors (Lipinski definition) is 4. The molecule has 1 saturated carbocycles. The number of fused-ring (bicyclic) bond motifs is 3. The first-order valence-corrected chi connectivity index (χ1v) is 7.92. The summed E-state index contributed by atoms with van der Waals surface area (Å²) in [7, 11) is 1.57. The molecule has 0 radical (unpaired) electrons. The summed E-state index contributed by atoms with van der Waals surface area (Å²) in [5.74, 6) is 1.86. The molecule has 0 bridgehead atoms. The van der Waals surface area contributed by atoms with Gasteiger partial charge in [-0.25, -0.2) is 4.79 Å². The molecular formula is C19H18O4. The molecular weight excluding hydrogens is 292 g/mol. The number of benzene rings is 2. The van der Waals surface area contributed by atoms with Crippen molar-refractivity contribution in [1.29, 1.82) is 0 Å². The number of rotatable bonds is 3. The highest BCUT2D eigenvalue weighted by Crippen LogP contribution is 2.50. The maximum absolute atomic E-state index is 12.3. The Balaban J connectivity index is 1.66. The Kier molecular flexibility index (Phi) is 3.45. The quantitative estimate of drug-likeness (QED) is 0.636. The summed E-state index contributed by atoms with van der Waals surface area (Å²) in [4.78, 5) is 12.3. The van der Waals surface area contributed by atoms with Crippen molar-refractivity contribution in [2.75, 3.05) is 7.11 Å². The van der Waals surface area contributed by atoms with Crippen LogP contribution in [0.25, 0.3) is 0 Å². The van der Waals surface area contributed by atoms with Crippen LogP contribution in [-0.4, -0.2) is 19.2 Å². The number of carbonyl (C=O) groups excluding carboxylic acids is 1. The van der Waals surface area contributed by atoms with E-state index in [1.54, 1.807) is 19.2 Å². The summed E-state index contributed by atoms with van der Waals surface area (Å²) in [6.45, 7) is 0. The van der Waals surface area contributed by atoms with Gasteiger partial charge in [0.2, 0.25) is 0 Å². The van der Waals surface area contributed by atoms with Crippen molar-refractivity contribution < 1.29 is 19.0 Å². The normalized spacial score (nSPS) is 21.3. The highest BCUT2D eigenvalue weighted by atomic mass is 16.6. The van der Waals surface area contributed by atoms with Crippen LogP contribution in [0.4, 0.5) is 0 Å². The van der Waals surface area contributed by atoms with Crippen molar-refractivity contribution in [2.45, 2.75) is 31.3 Å². The minimum Gasteiger partial charge on any atom is -0.493 e. The molecule has 1 fully saturated rings. The van der Waals surface area contributed by atoms with E-state index in [1.807, 2.05) is 30.3 Å². The van der Waals surface area contributed by atoms with Gasteiger partial charge in [-0.15, -0.1) is 0 Å². The molecule has 0 amide bonds. The zero-order valence-corrected chi connectivity index (χ0v) is 13.0. The number of ether oxygens (including phenoxy) is 3. The zero-order valence-electron chi connectivity index (χ0n) is 13.0. The Bertz CT molecular complexity index is 739. The molecule has 2 aliphatic rings. The molecule has 0 unspecified atom stereocenters. The van der Waals surface area contributed by atoms with Gasteiger partial charge in [-0.2, -0.15) is 0 Å². The summed E-state index contributed by atoms with van der Waals surface area (Å²) in [5, 5.41) is 0. The molecule has 4 nitrogen and oxygen atoms in total. The molecule has 1 heterocycles. The van der Waals surface area contributed by atoms with Crippen LogP contribution in [0.1, 0.15) is 41.1 Å². The van der Waals surface area contributed by atoms with E-state index in [-0.39, 0.29) is 12.1 Å². The topological polar surface area (TPSA) is 44.8 Å². The van der Waals surface area contributed by atoms with Crippen LogP contribution in [-0.2, 0) is 0 Å². The third-order valence-electron chi connectivity index (χ3n) is 4.64. The highest BCUT2D eigenvalue weighted by Gasteiger charge is 2.39. The first kappa shape index (κ1) is 14.1. The van der Waals surface area contributed by atoms with Crippen LogP contribution >= 0.6 is 0 Å². The van der Waals surface area contributed by atoms with Crippen LogP contribution in [0.3, 0.4) is 0 Å². The van der Waals surface area contributed by atoms with Gasteiger partial charge in [0.05, 0.1) is 12.7 Å². The number of hydrogen-bond donors (Lipinski definition) is 0. The minimum atomic E-state index is -0.384. The fourth-order valence-corrected chi connectivity index (χ4v) is 3.51. The lowest BCUT2D eigenvalue weighted by atomic mass is 9.97. The maximum atomic E-state index is 12.3. The summed E-state index contributed by atoms with van der Waals surface area (Å²) in [6, 6.07) is 12.7. The van der Waals surface area contributed by atoms with Crippen LogP contribution < -0.4 is 14.2 Å². The molecule has 0 spiro atoms. The second-order valence-corrected chi connectivity index (χ2v) is 5.99. The second-order valence-electron chi connectivity index (χ2n) is 5.99. The van der Waals surface area contributed by atoms with Crippen molar-refractivity contribution in [2.24, 2.45) is 0 Å². The Morgan fingerprint density at radius 3 is 2.74 bits per heavy atom. The first-order valence-electron chi connectivity index (χ1n) is 7.92. The van der Waals surface area contributed by atoms with E-state index in [1.165, 1.54) is 6.42 Å². The van der Waals surface area contributed by atoms with E-state index in [2.05, 4.69) is 0 Å². The van der Waals surface area contributed by atoms with Crippen molar-refractivity contribution in [1.82, 2.24) is 0 Å². The predicted molar refractivity (Wildman–Crippen MR) is 85.4 cm³/mol. The largest absolute Gasteiger partial charge is 0.493 e. The Labute approximate surface area is 135 Å². The Morgan fingerprint density at radius 1 is 1.13 bits per heavy atom. The van der Waals surface area contributed by atoms with Gasteiger partial charge in [0.25, 0.3) is 0 Å². The second kappa shape index (κ2) is 5.61.